The number of carbonyl (C=O) groups is 1. The molecule has 2 aromatic carbocycles. The van der Waals surface area contributed by atoms with Gasteiger partial charge in [0.2, 0.25) is 0 Å². The number of hydrogen-bond acceptors (Lipinski definition) is 9. The van der Waals surface area contributed by atoms with Gasteiger partial charge in [0.05, 0.1) is 30.5 Å². The second-order valence-electron chi connectivity index (χ2n) is 11.3. The van der Waals surface area contributed by atoms with Crippen LogP contribution in [0.25, 0.3) is 11.3 Å². The van der Waals surface area contributed by atoms with Gasteiger partial charge in [-0.05, 0) is 38.5 Å². The van der Waals surface area contributed by atoms with E-state index in [1.54, 1.807) is 17.2 Å². The van der Waals surface area contributed by atoms with Crippen LogP contribution in [-0.2, 0) is 25.5 Å². The predicted octanol–water partition coefficient (Wildman–Crippen LogP) is 6.81. The van der Waals surface area contributed by atoms with E-state index in [9.17, 15) is 13.6 Å². The standard InChI is InChI=1S/C33H33Cl2F2N5O5S/c1-3-44-26(17-42-16-25(39-40-42)21-12-23(36)29(35)24(37)13-21)33(47-27-18-45-32(46-19(27)2)20-8-5-4-6-9-20)48-28-14-22(34)15-38-30(28)31(43)41-10-7-11-41/h4-6,8-9,12-16,19,26-27,32-33H,3,7,10-11,17-18H2,1-2H3/t19-,26+,27?,32?,33?/m1/s1. The molecule has 0 bridgehead atoms. The molecule has 2 aromatic heterocycles. The highest BCUT2D eigenvalue weighted by molar-refractivity contribution is 8.00. The third-order valence-electron chi connectivity index (χ3n) is 7.93. The van der Waals surface area contributed by atoms with E-state index in [2.05, 4.69) is 15.3 Å². The highest BCUT2D eigenvalue weighted by Gasteiger charge is 2.37. The lowest BCUT2D eigenvalue weighted by molar-refractivity contribution is -0.267. The molecule has 48 heavy (non-hydrogen) atoms. The van der Waals surface area contributed by atoms with Gasteiger partial charge in [-0.3, -0.25) is 4.79 Å². The van der Waals surface area contributed by atoms with Crippen molar-refractivity contribution >= 4 is 40.9 Å². The van der Waals surface area contributed by atoms with Gasteiger partial charge in [-0.2, -0.15) is 0 Å². The van der Waals surface area contributed by atoms with Crippen LogP contribution in [0.4, 0.5) is 8.78 Å². The topological polar surface area (TPSA) is 101 Å². The fourth-order valence-corrected chi connectivity index (χ4v) is 6.79. The SMILES string of the molecule is CCO[C@@H](Cn1cc(-c2cc(F)c(Cl)c(F)c2)nn1)C(OC1COC(c2ccccc2)O[C@@H]1C)Sc1cc(Cl)cnc1C(=O)N1CCC1. The predicted molar refractivity (Wildman–Crippen MR) is 176 cm³/mol. The van der Waals surface area contributed by atoms with E-state index in [1.165, 1.54) is 22.6 Å². The third-order valence-corrected chi connectivity index (χ3v) is 9.71. The van der Waals surface area contributed by atoms with Crippen molar-refractivity contribution in [1.29, 1.82) is 0 Å². The molecule has 15 heteroatoms. The minimum atomic E-state index is -0.905. The first-order valence-corrected chi connectivity index (χ1v) is 17.1. The largest absolute Gasteiger partial charge is 0.373 e. The molecule has 254 valence electrons. The van der Waals surface area contributed by atoms with Gasteiger partial charge in [-0.1, -0.05) is 70.5 Å². The lowest BCUT2D eigenvalue weighted by atomic mass is 10.1. The summed E-state index contributed by atoms with van der Waals surface area (Å²) >= 11 is 13.3. The van der Waals surface area contributed by atoms with Crippen molar-refractivity contribution in [2.24, 2.45) is 0 Å². The number of amides is 1. The van der Waals surface area contributed by atoms with E-state index in [1.807, 2.05) is 44.2 Å². The average Bonchev–Trinajstić information content (AvgIpc) is 3.52. The maximum Gasteiger partial charge on any atom is 0.273 e. The van der Waals surface area contributed by atoms with Crippen LogP contribution in [-0.4, -0.2) is 80.8 Å². The van der Waals surface area contributed by atoms with Crippen LogP contribution in [0.15, 0.2) is 65.8 Å². The summed E-state index contributed by atoms with van der Waals surface area (Å²) in [4.78, 5) is 20.0. The van der Waals surface area contributed by atoms with Crippen LogP contribution < -0.4 is 0 Å². The van der Waals surface area contributed by atoms with Crippen molar-refractivity contribution in [3.8, 4) is 11.3 Å². The minimum absolute atomic E-state index is 0.135. The van der Waals surface area contributed by atoms with E-state index in [0.717, 1.165) is 24.1 Å². The smallest absolute Gasteiger partial charge is 0.273 e. The highest BCUT2D eigenvalue weighted by Crippen LogP contribution is 2.36. The van der Waals surface area contributed by atoms with Gasteiger partial charge in [0, 0.05) is 41.9 Å². The normalized spacial score (nSPS) is 20.7. The minimum Gasteiger partial charge on any atom is -0.373 e. The number of aromatic nitrogens is 4. The Labute approximate surface area is 290 Å². The van der Waals surface area contributed by atoms with Crippen molar-refractivity contribution in [3.05, 3.63) is 93.9 Å². The van der Waals surface area contributed by atoms with Crippen LogP contribution in [0.3, 0.4) is 0 Å². The molecule has 2 saturated heterocycles. The number of likely N-dealkylation sites (tertiary alicyclic amines) is 1. The van der Waals surface area contributed by atoms with Crippen molar-refractivity contribution in [2.75, 3.05) is 26.3 Å². The number of benzene rings is 2. The molecule has 1 amide bonds. The first-order chi connectivity index (χ1) is 23.2. The van der Waals surface area contributed by atoms with Gasteiger partial charge in [0.25, 0.3) is 5.91 Å². The quantitative estimate of drug-likeness (QED) is 0.0888. The average molecular weight is 721 g/mol. The Balaban J connectivity index is 1.28. The molecule has 0 radical (unpaired) electrons. The summed E-state index contributed by atoms with van der Waals surface area (Å²) in [5.41, 5.74) is 0.812. The van der Waals surface area contributed by atoms with Crippen LogP contribution in [0, 0.1) is 11.6 Å². The Hall–Kier alpha value is -3.17. The first-order valence-electron chi connectivity index (χ1n) is 15.5. The summed E-state index contributed by atoms with van der Waals surface area (Å²) in [6.07, 6.45) is 1.82. The highest BCUT2D eigenvalue weighted by atomic mass is 35.5. The summed E-state index contributed by atoms with van der Waals surface area (Å²) in [5.74, 6) is -2.01. The van der Waals surface area contributed by atoms with E-state index in [-0.39, 0.29) is 42.1 Å². The molecule has 4 aromatic rings. The number of nitrogens with zero attached hydrogens (tertiary/aromatic N) is 5. The van der Waals surface area contributed by atoms with Gasteiger partial charge >= 0.3 is 0 Å². The first kappa shape index (κ1) is 34.7. The second kappa shape index (κ2) is 15.6. The van der Waals surface area contributed by atoms with Gasteiger partial charge in [0.1, 0.15) is 45.7 Å². The molecule has 0 spiro atoms. The van der Waals surface area contributed by atoms with Crippen LogP contribution >= 0.6 is 35.0 Å². The number of rotatable bonds is 12. The number of pyridine rings is 1. The molecule has 3 unspecified atom stereocenters. The number of thioether (sulfide) groups is 1. The Morgan fingerprint density at radius 1 is 1.15 bits per heavy atom. The molecule has 2 aliphatic heterocycles. The maximum atomic E-state index is 14.2. The molecule has 5 atom stereocenters. The Morgan fingerprint density at radius 2 is 1.90 bits per heavy atom. The maximum absolute atomic E-state index is 14.2. The van der Waals surface area contributed by atoms with E-state index in [0.29, 0.717) is 29.6 Å². The number of ether oxygens (including phenoxy) is 4. The Bertz CT molecular complexity index is 1710. The monoisotopic (exact) mass is 719 g/mol. The molecule has 6 rings (SSSR count). The second-order valence-corrected chi connectivity index (χ2v) is 13.3. The number of carbonyl (C=O) groups excluding carboxylic acids is 1. The summed E-state index contributed by atoms with van der Waals surface area (Å²) in [5, 5.41) is 8.07. The molecular weight excluding hydrogens is 687 g/mol. The van der Waals surface area contributed by atoms with Crippen LogP contribution in [0.1, 0.15) is 42.6 Å². The van der Waals surface area contributed by atoms with Gasteiger partial charge in [-0.15, -0.1) is 5.10 Å². The molecule has 0 saturated carbocycles. The molecule has 2 aliphatic rings. The molecule has 0 aliphatic carbocycles. The van der Waals surface area contributed by atoms with Crippen molar-refractivity contribution in [1.82, 2.24) is 24.9 Å². The van der Waals surface area contributed by atoms with Gasteiger partial charge in [0.15, 0.2) is 6.29 Å². The van der Waals surface area contributed by atoms with Crippen molar-refractivity contribution < 1.29 is 32.5 Å². The molecule has 10 nitrogen and oxygen atoms in total. The van der Waals surface area contributed by atoms with E-state index < -0.39 is 40.6 Å². The fourth-order valence-electron chi connectivity index (χ4n) is 5.24. The van der Waals surface area contributed by atoms with Crippen LogP contribution in [0.2, 0.25) is 10.0 Å². The summed E-state index contributed by atoms with van der Waals surface area (Å²) in [7, 11) is 0. The number of hydrogen-bond donors (Lipinski definition) is 0. The van der Waals surface area contributed by atoms with E-state index >= 15 is 0 Å². The molecule has 0 N–H and O–H groups in total. The Morgan fingerprint density at radius 3 is 2.56 bits per heavy atom. The summed E-state index contributed by atoms with van der Waals surface area (Å²) in [6, 6.07) is 13.5. The lowest BCUT2D eigenvalue weighted by Crippen LogP contribution is -2.45. The van der Waals surface area contributed by atoms with Gasteiger partial charge in [-0.25, -0.2) is 18.4 Å². The van der Waals surface area contributed by atoms with Crippen molar-refractivity contribution in [3.63, 3.8) is 0 Å². The zero-order valence-electron chi connectivity index (χ0n) is 26.1. The van der Waals surface area contributed by atoms with E-state index in [4.69, 9.17) is 42.1 Å². The third kappa shape index (κ3) is 7.99. The van der Waals surface area contributed by atoms with Gasteiger partial charge < -0.3 is 23.8 Å². The lowest BCUT2D eigenvalue weighted by Gasteiger charge is -2.38. The zero-order chi connectivity index (χ0) is 33.8. The molecule has 4 heterocycles. The summed E-state index contributed by atoms with van der Waals surface area (Å²) in [6.45, 7) is 5.75. The fraction of sp³-hybridized carbons (Fsp3) is 0.394. The Kier molecular flexibility index (Phi) is 11.3. The molecule has 2 fully saturated rings. The van der Waals surface area contributed by atoms with Crippen LogP contribution in [0.5, 0.6) is 0 Å². The number of halogens is 4. The zero-order valence-corrected chi connectivity index (χ0v) is 28.4. The van der Waals surface area contributed by atoms with Crippen molar-refractivity contribution in [2.45, 2.75) is 61.7 Å². The summed E-state index contributed by atoms with van der Waals surface area (Å²) < 4.78 is 55.1. The molecular formula is C33H33Cl2F2N5O5S.